The summed E-state index contributed by atoms with van der Waals surface area (Å²) >= 11 is 0. The number of carbonyl (C=O) groups is 1. The minimum absolute atomic E-state index is 0.0149. The molecular formula is C20H27N3O2. The van der Waals surface area contributed by atoms with Crippen LogP contribution in [0.25, 0.3) is 0 Å². The van der Waals surface area contributed by atoms with Crippen LogP contribution in [0.2, 0.25) is 0 Å². The Kier molecular flexibility index (Phi) is 5.72. The highest BCUT2D eigenvalue weighted by Gasteiger charge is 2.34. The zero-order chi connectivity index (χ0) is 17.8. The molecule has 1 saturated carbocycles. The first-order valence-corrected chi connectivity index (χ1v) is 9.26. The first-order chi connectivity index (χ1) is 12.1. The van der Waals surface area contributed by atoms with E-state index in [-0.39, 0.29) is 18.1 Å². The van der Waals surface area contributed by atoms with Gasteiger partial charge >= 0.3 is 0 Å². The molecule has 5 nitrogen and oxygen atoms in total. The van der Waals surface area contributed by atoms with Gasteiger partial charge in [0.1, 0.15) is 0 Å². The molecule has 3 rings (SSSR count). The van der Waals surface area contributed by atoms with E-state index in [2.05, 4.69) is 11.0 Å². The number of likely N-dealkylation sites (tertiary alicyclic amines) is 1. The zero-order valence-corrected chi connectivity index (χ0v) is 14.9. The van der Waals surface area contributed by atoms with E-state index in [1.165, 1.54) is 32.1 Å². The van der Waals surface area contributed by atoms with Crippen molar-refractivity contribution in [3.05, 3.63) is 35.4 Å². The highest BCUT2D eigenvalue weighted by Crippen LogP contribution is 2.30. The van der Waals surface area contributed by atoms with E-state index in [1.807, 2.05) is 11.9 Å². The van der Waals surface area contributed by atoms with Gasteiger partial charge in [-0.05, 0) is 43.0 Å². The highest BCUT2D eigenvalue weighted by molar-refractivity contribution is 5.94. The Hall–Kier alpha value is -1.90. The summed E-state index contributed by atoms with van der Waals surface area (Å²) in [5.41, 5.74) is 1.20. The van der Waals surface area contributed by atoms with Gasteiger partial charge in [0.2, 0.25) is 0 Å². The van der Waals surface area contributed by atoms with Gasteiger partial charge in [0, 0.05) is 38.3 Å². The third kappa shape index (κ3) is 4.20. The molecule has 0 bridgehead atoms. The van der Waals surface area contributed by atoms with Crippen LogP contribution in [0.5, 0.6) is 0 Å². The van der Waals surface area contributed by atoms with Crippen LogP contribution >= 0.6 is 0 Å². The molecule has 25 heavy (non-hydrogen) atoms. The average molecular weight is 341 g/mol. The zero-order valence-electron chi connectivity index (χ0n) is 14.9. The van der Waals surface area contributed by atoms with E-state index in [1.54, 1.807) is 24.3 Å². The summed E-state index contributed by atoms with van der Waals surface area (Å²) < 4.78 is 0. The summed E-state index contributed by atoms with van der Waals surface area (Å²) in [6.07, 6.45) is 5.90. The van der Waals surface area contributed by atoms with Crippen LogP contribution in [0.4, 0.5) is 0 Å². The quantitative estimate of drug-likeness (QED) is 0.892. The van der Waals surface area contributed by atoms with Crippen LogP contribution in [0.3, 0.4) is 0 Å². The number of likely N-dealkylation sites (N-methyl/N-ethyl adjacent to an activating group) is 1. The summed E-state index contributed by atoms with van der Waals surface area (Å²) in [7, 11) is 1.90. The van der Waals surface area contributed by atoms with Crippen LogP contribution in [0, 0.1) is 17.2 Å². The molecule has 1 heterocycles. The van der Waals surface area contributed by atoms with Crippen molar-refractivity contribution >= 4 is 5.91 Å². The number of nitrogens with zero attached hydrogens (tertiary/aromatic N) is 3. The lowest BCUT2D eigenvalue weighted by Gasteiger charge is -2.44. The molecule has 1 aliphatic heterocycles. The Morgan fingerprint density at radius 2 is 1.92 bits per heavy atom. The third-order valence-corrected chi connectivity index (χ3v) is 5.66. The number of rotatable bonds is 5. The molecule has 134 valence electrons. The molecule has 2 aliphatic rings. The number of nitriles is 1. The Labute approximate surface area is 149 Å². The molecule has 1 aliphatic carbocycles. The lowest BCUT2D eigenvalue weighted by atomic mass is 9.82. The number of amides is 1. The first kappa shape index (κ1) is 17.9. The second-order valence-electron chi connectivity index (χ2n) is 7.44. The monoisotopic (exact) mass is 341 g/mol. The molecule has 2 fully saturated rings. The van der Waals surface area contributed by atoms with Crippen molar-refractivity contribution < 1.29 is 9.90 Å². The molecule has 1 saturated heterocycles. The van der Waals surface area contributed by atoms with E-state index in [0.717, 1.165) is 6.54 Å². The number of β-amino-alcohol motifs (C(OH)–C–C–N with tert-alkyl or cyclic N) is 1. The fourth-order valence-corrected chi connectivity index (χ4v) is 4.10. The molecule has 1 aromatic rings. The lowest BCUT2D eigenvalue weighted by molar-refractivity contribution is -0.0191. The van der Waals surface area contributed by atoms with Crippen molar-refractivity contribution in [3.8, 4) is 6.07 Å². The summed E-state index contributed by atoms with van der Waals surface area (Å²) in [5.74, 6) is 0.542. The summed E-state index contributed by atoms with van der Waals surface area (Å²) in [5, 5.41) is 18.5. The molecule has 0 radical (unpaired) electrons. The Bertz CT molecular complexity index is 625. The molecule has 0 aromatic heterocycles. The lowest BCUT2D eigenvalue weighted by Crippen LogP contribution is -2.57. The van der Waals surface area contributed by atoms with Crippen molar-refractivity contribution in [3.63, 3.8) is 0 Å². The summed E-state index contributed by atoms with van der Waals surface area (Å²) in [6.45, 7) is 2.25. The Morgan fingerprint density at radius 3 is 2.48 bits per heavy atom. The van der Waals surface area contributed by atoms with Gasteiger partial charge < -0.3 is 10.0 Å². The predicted octanol–water partition coefficient (Wildman–Crippen LogP) is 2.26. The van der Waals surface area contributed by atoms with Gasteiger partial charge in [-0.1, -0.05) is 19.3 Å². The summed E-state index contributed by atoms with van der Waals surface area (Å²) in [4.78, 5) is 17.1. The maximum absolute atomic E-state index is 13.0. The number of hydrogen-bond acceptors (Lipinski definition) is 4. The molecule has 1 N–H and O–H groups in total. The molecule has 1 atom stereocenters. The fraction of sp³-hybridized carbons (Fsp3) is 0.600. The van der Waals surface area contributed by atoms with Crippen molar-refractivity contribution in [2.45, 2.75) is 44.2 Å². The van der Waals surface area contributed by atoms with E-state index in [9.17, 15) is 9.90 Å². The standard InChI is InChI=1S/C20H27N3O2/c1-22(20(25)17-9-7-15(11-21)8-10-17)19(14-23-12-18(24)13-23)16-5-3-2-4-6-16/h7-10,16,18-19,24H,2-6,12-14H2,1H3. The number of aliphatic hydroxyl groups excluding tert-OH is 1. The van der Waals surface area contributed by atoms with E-state index >= 15 is 0 Å². The normalized spacial score (nSPS) is 20.5. The van der Waals surface area contributed by atoms with Gasteiger partial charge in [0.15, 0.2) is 0 Å². The van der Waals surface area contributed by atoms with Crippen LogP contribution in [0.15, 0.2) is 24.3 Å². The maximum Gasteiger partial charge on any atom is 0.253 e. The fourth-order valence-electron chi connectivity index (χ4n) is 4.10. The molecule has 1 amide bonds. The largest absolute Gasteiger partial charge is 0.390 e. The van der Waals surface area contributed by atoms with Gasteiger partial charge in [-0.3, -0.25) is 9.69 Å². The van der Waals surface area contributed by atoms with Crippen LogP contribution in [-0.2, 0) is 0 Å². The Balaban J connectivity index is 1.73. The minimum Gasteiger partial charge on any atom is -0.390 e. The van der Waals surface area contributed by atoms with E-state index in [0.29, 0.717) is 30.1 Å². The Morgan fingerprint density at radius 1 is 1.28 bits per heavy atom. The molecule has 5 heteroatoms. The second-order valence-corrected chi connectivity index (χ2v) is 7.44. The molecule has 1 unspecified atom stereocenters. The van der Waals surface area contributed by atoms with Crippen molar-refractivity contribution in [2.75, 3.05) is 26.7 Å². The molecule has 1 aromatic carbocycles. The maximum atomic E-state index is 13.0. The average Bonchev–Trinajstić information content (AvgIpc) is 2.64. The van der Waals surface area contributed by atoms with Crippen LogP contribution < -0.4 is 0 Å². The van der Waals surface area contributed by atoms with Gasteiger partial charge in [0.05, 0.1) is 17.7 Å². The second kappa shape index (κ2) is 7.99. The predicted molar refractivity (Wildman–Crippen MR) is 96.1 cm³/mol. The van der Waals surface area contributed by atoms with Crippen LogP contribution in [0.1, 0.15) is 48.0 Å². The molecular weight excluding hydrogens is 314 g/mol. The van der Waals surface area contributed by atoms with Crippen molar-refractivity contribution in [2.24, 2.45) is 5.92 Å². The van der Waals surface area contributed by atoms with Crippen molar-refractivity contribution in [1.82, 2.24) is 9.80 Å². The number of benzene rings is 1. The van der Waals surface area contributed by atoms with Crippen molar-refractivity contribution in [1.29, 1.82) is 5.26 Å². The smallest absolute Gasteiger partial charge is 0.253 e. The molecule has 0 spiro atoms. The van der Waals surface area contributed by atoms with E-state index in [4.69, 9.17) is 5.26 Å². The van der Waals surface area contributed by atoms with E-state index < -0.39 is 0 Å². The minimum atomic E-state index is -0.216. The highest BCUT2D eigenvalue weighted by atomic mass is 16.3. The van der Waals surface area contributed by atoms with Gasteiger partial charge in [-0.15, -0.1) is 0 Å². The number of aliphatic hydroxyl groups is 1. The van der Waals surface area contributed by atoms with Gasteiger partial charge in [0.25, 0.3) is 5.91 Å². The number of hydrogen-bond donors (Lipinski definition) is 1. The number of carbonyl (C=O) groups excluding carboxylic acids is 1. The SMILES string of the molecule is CN(C(=O)c1ccc(C#N)cc1)C(CN1CC(O)C1)C1CCCCC1. The van der Waals surface area contributed by atoms with Gasteiger partial charge in [-0.25, -0.2) is 0 Å². The van der Waals surface area contributed by atoms with Gasteiger partial charge in [-0.2, -0.15) is 5.26 Å². The topological polar surface area (TPSA) is 67.6 Å². The summed E-state index contributed by atoms with van der Waals surface area (Å²) in [6, 6.07) is 9.14. The van der Waals surface area contributed by atoms with Crippen LogP contribution in [-0.4, -0.2) is 59.6 Å². The third-order valence-electron chi connectivity index (χ3n) is 5.66. The first-order valence-electron chi connectivity index (χ1n) is 9.26.